The molecule has 2 aliphatic heterocycles. The first-order valence-corrected chi connectivity index (χ1v) is 11.3. The van der Waals surface area contributed by atoms with Gasteiger partial charge in [-0.05, 0) is 57.1 Å². The lowest BCUT2D eigenvalue weighted by Crippen LogP contribution is -2.53. The molecule has 4 heterocycles. The van der Waals surface area contributed by atoms with Crippen molar-refractivity contribution in [3.8, 4) is 0 Å². The number of piperidine rings is 1. The molecule has 2 aliphatic rings. The Morgan fingerprint density at radius 3 is 2.52 bits per heavy atom. The Morgan fingerprint density at radius 2 is 1.87 bits per heavy atom. The topological polar surface area (TPSA) is 60.1 Å². The Bertz CT molecular complexity index is 771. The van der Waals surface area contributed by atoms with Gasteiger partial charge >= 0.3 is 0 Å². The van der Waals surface area contributed by atoms with Gasteiger partial charge in [0.1, 0.15) is 11.6 Å². The molecule has 2 fully saturated rings. The van der Waals surface area contributed by atoms with Crippen LogP contribution in [0.4, 0.5) is 5.82 Å². The minimum atomic E-state index is 0. The number of guanidine groups is 1. The summed E-state index contributed by atoms with van der Waals surface area (Å²) in [5, 5.41) is 3.50. The van der Waals surface area contributed by atoms with Gasteiger partial charge in [0, 0.05) is 38.9 Å². The normalized spacial score (nSPS) is 19.1. The van der Waals surface area contributed by atoms with E-state index in [9.17, 15) is 0 Å². The summed E-state index contributed by atoms with van der Waals surface area (Å²) in [4.78, 5) is 16.8. The van der Waals surface area contributed by atoms with Gasteiger partial charge in [-0.15, -0.1) is 24.0 Å². The third kappa shape index (κ3) is 6.35. The van der Waals surface area contributed by atoms with Crippen LogP contribution >= 0.6 is 24.0 Å². The van der Waals surface area contributed by atoms with Gasteiger partial charge < -0.3 is 19.5 Å². The van der Waals surface area contributed by atoms with E-state index in [1.807, 2.05) is 18.3 Å². The van der Waals surface area contributed by atoms with Gasteiger partial charge in [-0.1, -0.05) is 12.5 Å². The first-order valence-electron chi connectivity index (χ1n) is 11.3. The van der Waals surface area contributed by atoms with Crippen LogP contribution in [0.3, 0.4) is 0 Å². The van der Waals surface area contributed by atoms with Gasteiger partial charge in [0.05, 0.1) is 18.8 Å². The molecule has 0 saturated carbocycles. The van der Waals surface area contributed by atoms with Crippen molar-refractivity contribution < 1.29 is 4.42 Å². The monoisotopic (exact) mass is 538 g/mol. The van der Waals surface area contributed by atoms with Crippen LogP contribution in [0.2, 0.25) is 0 Å². The van der Waals surface area contributed by atoms with E-state index >= 15 is 0 Å². The van der Waals surface area contributed by atoms with Crippen molar-refractivity contribution in [1.29, 1.82) is 0 Å². The SMILES string of the molecule is CCNC(=NCC(c1ccco1)N1CCCCC1)N1CCN(c2ccccn2)CC1.I. The number of aliphatic imine (C=N–C) groups is 1. The predicted octanol–water partition coefficient (Wildman–Crippen LogP) is 3.61. The van der Waals surface area contributed by atoms with Crippen molar-refractivity contribution in [1.82, 2.24) is 20.1 Å². The zero-order chi connectivity index (χ0) is 20.6. The van der Waals surface area contributed by atoms with E-state index in [1.165, 1.54) is 19.3 Å². The molecule has 0 aliphatic carbocycles. The Morgan fingerprint density at radius 1 is 1.06 bits per heavy atom. The van der Waals surface area contributed by atoms with Crippen molar-refractivity contribution in [2.24, 2.45) is 4.99 Å². The number of likely N-dealkylation sites (tertiary alicyclic amines) is 1. The lowest BCUT2D eigenvalue weighted by atomic mass is 10.1. The van der Waals surface area contributed by atoms with Crippen LogP contribution in [0.1, 0.15) is 38.0 Å². The van der Waals surface area contributed by atoms with E-state index < -0.39 is 0 Å². The average molecular weight is 538 g/mol. The molecule has 0 radical (unpaired) electrons. The molecule has 31 heavy (non-hydrogen) atoms. The lowest BCUT2D eigenvalue weighted by molar-refractivity contribution is 0.150. The first-order chi connectivity index (χ1) is 14.8. The Kier molecular flexibility index (Phi) is 9.45. The van der Waals surface area contributed by atoms with Crippen LogP contribution in [0.25, 0.3) is 0 Å². The summed E-state index contributed by atoms with van der Waals surface area (Å²) in [6.45, 7) is 9.76. The molecule has 2 saturated heterocycles. The molecular weight excluding hydrogens is 503 g/mol. The first kappa shape index (κ1) is 23.8. The Hall–Kier alpha value is -1.81. The number of nitrogens with one attached hydrogen (secondary N) is 1. The zero-order valence-electron chi connectivity index (χ0n) is 18.4. The van der Waals surface area contributed by atoms with Gasteiger partial charge in [-0.25, -0.2) is 4.98 Å². The molecule has 2 aromatic heterocycles. The highest BCUT2D eigenvalue weighted by molar-refractivity contribution is 14.0. The number of rotatable bonds is 6. The summed E-state index contributed by atoms with van der Waals surface area (Å²) in [5.41, 5.74) is 0. The molecule has 0 spiro atoms. The third-order valence-electron chi connectivity index (χ3n) is 6.00. The number of hydrogen-bond donors (Lipinski definition) is 1. The van der Waals surface area contributed by atoms with Crippen molar-refractivity contribution >= 4 is 35.8 Å². The number of piperazine rings is 1. The summed E-state index contributed by atoms with van der Waals surface area (Å²) in [6.07, 6.45) is 7.49. The fraction of sp³-hybridized carbons (Fsp3) is 0.565. The fourth-order valence-electron chi connectivity index (χ4n) is 4.38. The molecule has 170 valence electrons. The maximum atomic E-state index is 5.79. The number of nitrogens with zero attached hydrogens (tertiary/aromatic N) is 5. The van der Waals surface area contributed by atoms with E-state index in [4.69, 9.17) is 9.41 Å². The number of anilines is 1. The number of halogens is 1. The van der Waals surface area contributed by atoms with E-state index in [0.717, 1.165) is 69.9 Å². The molecule has 1 unspecified atom stereocenters. The minimum Gasteiger partial charge on any atom is -0.468 e. The molecule has 8 heteroatoms. The number of hydrogen-bond acceptors (Lipinski definition) is 5. The molecule has 0 aromatic carbocycles. The summed E-state index contributed by atoms with van der Waals surface area (Å²) in [7, 11) is 0. The lowest BCUT2D eigenvalue weighted by Gasteiger charge is -2.37. The predicted molar refractivity (Wildman–Crippen MR) is 136 cm³/mol. The molecule has 0 amide bonds. The fourth-order valence-corrected chi connectivity index (χ4v) is 4.38. The standard InChI is InChI=1S/C23H34N6O.HI/c1-2-24-23(29-16-14-28(15-17-29)22-10-4-5-11-25-22)26-19-20(21-9-8-18-30-21)27-12-6-3-7-13-27;/h4-5,8-11,18,20H,2-3,6-7,12-17,19H2,1H3,(H,24,26);1H. The largest absolute Gasteiger partial charge is 0.468 e. The van der Waals surface area contributed by atoms with Crippen molar-refractivity contribution in [2.75, 3.05) is 57.3 Å². The number of furan rings is 1. The second kappa shape index (κ2) is 12.3. The van der Waals surface area contributed by atoms with Gasteiger partial charge in [0.15, 0.2) is 5.96 Å². The van der Waals surface area contributed by atoms with E-state index in [2.05, 4.69) is 50.1 Å². The highest BCUT2D eigenvalue weighted by Gasteiger charge is 2.25. The summed E-state index contributed by atoms with van der Waals surface area (Å²) in [5.74, 6) is 3.09. The summed E-state index contributed by atoms with van der Waals surface area (Å²) >= 11 is 0. The smallest absolute Gasteiger partial charge is 0.194 e. The quantitative estimate of drug-likeness (QED) is 0.345. The average Bonchev–Trinajstić information content (AvgIpc) is 3.35. The Balaban J connectivity index is 0.00000272. The molecule has 4 rings (SSSR count). The van der Waals surface area contributed by atoms with Gasteiger partial charge in [0.25, 0.3) is 0 Å². The van der Waals surface area contributed by atoms with Crippen LogP contribution in [-0.2, 0) is 0 Å². The van der Waals surface area contributed by atoms with Crippen molar-refractivity contribution in [2.45, 2.75) is 32.2 Å². The molecule has 1 N–H and O–H groups in total. The Labute approximate surface area is 202 Å². The second-order valence-electron chi connectivity index (χ2n) is 7.98. The number of aromatic nitrogens is 1. The molecule has 7 nitrogen and oxygen atoms in total. The highest BCUT2D eigenvalue weighted by Crippen LogP contribution is 2.25. The summed E-state index contributed by atoms with van der Waals surface area (Å²) < 4.78 is 5.79. The van der Waals surface area contributed by atoms with Crippen LogP contribution in [0.15, 0.2) is 52.2 Å². The highest BCUT2D eigenvalue weighted by atomic mass is 127. The number of pyridine rings is 1. The van der Waals surface area contributed by atoms with E-state index in [1.54, 1.807) is 6.26 Å². The molecule has 0 bridgehead atoms. The molecular formula is C23H35IN6O. The van der Waals surface area contributed by atoms with Gasteiger partial charge in [-0.3, -0.25) is 9.89 Å². The van der Waals surface area contributed by atoms with Crippen LogP contribution in [-0.4, -0.2) is 73.1 Å². The molecule has 2 aromatic rings. The summed E-state index contributed by atoms with van der Waals surface area (Å²) in [6, 6.07) is 10.4. The van der Waals surface area contributed by atoms with Crippen LogP contribution < -0.4 is 10.2 Å². The van der Waals surface area contributed by atoms with E-state index in [0.29, 0.717) is 0 Å². The second-order valence-corrected chi connectivity index (χ2v) is 7.98. The molecule has 1 atom stereocenters. The maximum Gasteiger partial charge on any atom is 0.194 e. The van der Waals surface area contributed by atoms with Crippen molar-refractivity contribution in [3.63, 3.8) is 0 Å². The minimum absolute atomic E-state index is 0. The maximum absolute atomic E-state index is 5.79. The zero-order valence-corrected chi connectivity index (χ0v) is 20.8. The van der Waals surface area contributed by atoms with Gasteiger partial charge in [-0.2, -0.15) is 0 Å². The van der Waals surface area contributed by atoms with Gasteiger partial charge in [0.2, 0.25) is 0 Å². The van der Waals surface area contributed by atoms with Crippen LogP contribution in [0.5, 0.6) is 0 Å². The van der Waals surface area contributed by atoms with Crippen LogP contribution in [0, 0.1) is 0 Å². The van der Waals surface area contributed by atoms with E-state index in [-0.39, 0.29) is 30.0 Å². The van der Waals surface area contributed by atoms with Crippen molar-refractivity contribution in [3.05, 3.63) is 48.6 Å². The third-order valence-corrected chi connectivity index (χ3v) is 6.00.